The molecular formula is C9H10BrN3O. The van der Waals surface area contributed by atoms with Crippen molar-refractivity contribution in [1.82, 2.24) is 9.78 Å². The molecule has 0 aromatic carbocycles. The second kappa shape index (κ2) is 3.49. The average molecular weight is 256 g/mol. The third-order valence-electron chi connectivity index (χ3n) is 1.95. The van der Waals surface area contributed by atoms with Gasteiger partial charge in [0.1, 0.15) is 5.82 Å². The number of aryl methyl sites for hydroxylation is 1. The zero-order valence-corrected chi connectivity index (χ0v) is 9.28. The Morgan fingerprint density at radius 3 is 2.93 bits per heavy atom. The van der Waals surface area contributed by atoms with Gasteiger partial charge in [0.25, 0.3) is 0 Å². The highest BCUT2D eigenvalue weighted by Crippen LogP contribution is 2.15. The van der Waals surface area contributed by atoms with Crippen molar-refractivity contribution in [1.29, 1.82) is 0 Å². The lowest BCUT2D eigenvalue weighted by atomic mass is 10.3. The highest BCUT2D eigenvalue weighted by Gasteiger charge is 2.03. The minimum atomic E-state index is 0.576. The molecule has 2 rings (SSSR count). The molecule has 0 radical (unpaired) electrons. The molecule has 2 N–H and O–H groups in total. The molecule has 0 saturated heterocycles. The van der Waals surface area contributed by atoms with E-state index in [1.54, 1.807) is 10.9 Å². The fourth-order valence-corrected chi connectivity index (χ4v) is 1.62. The van der Waals surface area contributed by atoms with Crippen molar-refractivity contribution in [2.75, 3.05) is 5.73 Å². The van der Waals surface area contributed by atoms with Gasteiger partial charge >= 0.3 is 0 Å². The standard InChI is InChI=1S/C9H10BrN3O/c1-6-3-13(12-9(6)11)4-7-2-8(10)14-5-7/h2-3,5H,4H2,1H3,(H2,11,12). The van der Waals surface area contributed by atoms with Crippen molar-refractivity contribution < 1.29 is 4.42 Å². The van der Waals surface area contributed by atoms with Crippen molar-refractivity contribution in [3.8, 4) is 0 Å². The first-order chi connectivity index (χ1) is 6.65. The van der Waals surface area contributed by atoms with Crippen LogP contribution >= 0.6 is 15.9 Å². The second-order valence-corrected chi connectivity index (χ2v) is 3.94. The quantitative estimate of drug-likeness (QED) is 0.895. The predicted octanol–water partition coefficient (Wildman–Crippen LogP) is 2.18. The Balaban J connectivity index is 2.18. The molecule has 74 valence electrons. The molecule has 5 heteroatoms. The van der Waals surface area contributed by atoms with Crippen LogP contribution in [0.15, 0.2) is 27.6 Å². The number of rotatable bonds is 2. The van der Waals surface area contributed by atoms with E-state index in [0.717, 1.165) is 15.8 Å². The summed E-state index contributed by atoms with van der Waals surface area (Å²) in [6.45, 7) is 2.61. The van der Waals surface area contributed by atoms with Crippen LogP contribution in [0.4, 0.5) is 5.82 Å². The molecule has 4 nitrogen and oxygen atoms in total. The van der Waals surface area contributed by atoms with Gasteiger partial charge in [-0.3, -0.25) is 4.68 Å². The van der Waals surface area contributed by atoms with Crippen molar-refractivity contribution in [2.45, 2.75) is 13.5 Å². The van der Waals surface area contributed by atoms with Crippen LogP contribution in [0, 0.1) is 6.92 Å². The summed E-state index contributed by atoms with van der Waals surface area (Å²) in [5, 5.41) is 4.15. The van der Waals surface area contributed by atoms with E-state index in [4.69, 9.17) is 10.2 Å². The van der Waals surface area contributed by atoms with E-state index in [2.05, 4.69) is 21.0 Å². The summed E-state index contributed by atoms with van der Waals surface area (Å²) in [6.07, 6.45) is 3.60. The number of furan rings is 1. The fourth-order valence-electron chi connectivity index (χ4n) is 1.23. The molecule has 2 heterocycles. The molecule has 14 heavy (non-hydrogen) atoms. The van der Waals surface area contributed by atoms with Gasteiger partial charge in [0.15, 0.2) is 4.67 Å². The molecule has 0 spiro atoms. The third-order valence-corrected chi connectivity index (χ3v) is 2.37. The lowest BCUT2D eigenvalue weighted by Crippen LogP contribution is -1.99. The van der Waals surface area contributed by atoms with Crippen molar-refractivity contribution in [2.24, 2.45) is 0 Å². The normalized spacial score (nSPS) is 10.7. The molecule has 0 aliphatic heterocycles. The van der Waals surface area contributed by atoms with Crippen LogP contribution in [0.3, 0.4) is 0 Å². The number of nitrogen functional groups attached to an aromatic ring is 1. The summed E-state index contributed by atoms with van der Waals surface area (Å²) in [7, 11) is 0. The molecule has 2 aromatic rings. The zero-order valence-electron chi connectivity index (χ0n) is 7.70. The monoisotopic (exact) mass is 255 g/mol. The van der Waals surface area contributed by atoms with E-state index in [0.29, 0.717) is 12.4 Å². The Bertz CT molecular complexity index is 427. The van der Waals surface area contributed by atoms with Gasteiger partial charge in [0.2, 0.25) is 0 Å². The highest BCUT2D eigenvalue weighted by molar-refractivity contribution is 9.10. The Hall–Kier alpha value is -1.23. The van der Waals surface area contributed by atoms with Gasteiger partial charge in [0.05, 0.1) is 12.8 Å². The van der Waals surface area contributed by atoms with Gasteiger partial charge in [-0.15, -0.1) is 0 Å². The number of anilines is 1. The van der Waals surface area contributed by atoms with Crippen molar-refractivity contribution in [3.05, 3.63) is 34.3 Å². The second-order valence-electron chi connectivity index (χ2n) is 3.15. The van der Waals surface area contributed by atoms with Gasteiger partial charge in [-0.1, -0.05) is 0 Å². The molecule has 0 atom stereocenters. The smallest absolute Gasteiger partial charge is 0.169 e. The van der Waals surface area contributed by atoms with Gasteiger partial charge in [0, 0.05) is 17.3 Å². The molecule has 0 aliphatic carbocycles. The van der Waals surface area contributed by atoms with Gasteiger partial charge in [-0.25, -0.2) is 0 Å². The Labute approximate surface area is 89.8 Å². The molecule has 0 saturated carbocycles. The number of hydrogen-bond donors (Lipinski definition) is 1. The lowest BCUT2D eigenvalue weighted by molar-refractivity contribution is 0.536. The van der Waals surface area contributed by atoms with Crippen molar-refractivity contribution >= 4 is 21.7 Å². The van der Waals surface area contributed by atoms with Crippen LogP contribution in [0.1, 0.15) is 11.1 Å². The molecular weight excluding hydrogens is 246 g/mol. The molecule has 0 unspecified atom stereocenters. The first kappa shape index (κ1) is 9.33. The Kier molecular flexibility index (Phi) is 2.33. The van der Waals surface area contributed by atoms with E-state index in [1.807, 2.05) is 19.2 Å². The summed E-state index contributed by atoms with van der Waals surface area (Å²) >= 11 is 3.24. The van der Waals surface area contributed by atoms with E-state index >= 15 is 0 Å². The molecule has 0 aliphatic rings. The van der Waals surface area contributed by atoms with Crippen LogP contribution in [-0.4, -0.2) is 9.78 Å². The van der Waals surface area contributed by atoms with E-state index in [1.165, 1.54) is 0 Å². The summed E-state index contributed by atoms with van der Waals surface area (Å²) < 4.78 is 7.64. The minimum absolute atomic E-state index is 0.576. The molecule has 0 amide bonds. The summed E-state index contributed by atoms with van der Waals surface area (Å²) in [4.78, 5) is 0. The number of nitrogens with zero attached hydrogens (tertiary/aromatic N) is 2. The topological polar surface area (TPSA) is 57.0 Å². The van der Waals surface area contributed by atoms with Gasteiger partial charge in [-0.2, -0.15) is 5.10 Å². The zero-order chi connectivity index (χ0) is 10.1. The van der Waals surface area contributed by atoms with Crippen molar-refractivity contribution in [3.63, 3.8) is 0 Å². The number of hydrogen-bond acceptors (Lipinski definition) is 3. The number of nitrogens with two attached hydrogens (primary N) is 1. The number of aromatic nitrogens is 2. The van der Waals surface area contributed by atoms with Gasteiger partial charge in [-0.05, 0) is 28.9 Å². The summed E-state index contributed by atoms with van der Waals surface area (Å²) in [5.41, 5.74) is 7.68. The van der Waals surface area contributed by atoms with Crippen LogP contribution < -0.4 is 5.73 Å². The van der Waals surface area contributed by atoms with E-state index < -0.39 is 0 Å². The Morgan fingerprint density at radius 1 is 1.64 bits per heavy atom. The van der Waals surface area contributed by atoms with Crippen LogP contribution in [0.25, 0.3) is 0 Å². The third kappa shape index (κ3) is 1.82. The maximum absolute atomic E-state index is 5.63. The highest BCUT2D eigenvalue weighted by atomic mass is 79.9. The molecule has 2 aromatic heterocycles. The minimum Gasteiger partial charge on any atom is -0.457 e. The van der Waals surface area contributed by atoms with Crippen LogP contribution in [-0.2, 0) is 6.54 Å². The Morgan fingerprint density at radius 2 is 2.43 bits per heavy atom. The van der Waals surface area contributed by atoms with Gasteiger partial charge < -0.3 is 10.2 Å². The molecule has 0 bridgehead atoms. The number of halogens is 1. The van der Waals surface area contributed by atoms with E-state index in [9.17, 15) is 0 Å². The van der Waals surface area contributed by atoms with E-state index in [-0.39, 0.29) is 0 Å². The summed E-state index contributed by atoms with van der Waals surface area (Å²) in [6, 6.07) is 1.91. The first-order valence-corrected chi connectivity index (χ1v) is 4.97. The summed E-state index contributed by atoms with van der Waals surface area (Å²) in [5.74, 6) is 0.576. The largest absolute Gasteiger partial charge is 0.457 e. The lowest BCUT2D eigenvalue weighted by Gasteiger charge is -1.95. The van der Waals surface area contributed by atoms with Crippen LogP contribution in [0.5, 0.6) is 0 Å². The molecule has 0 fully saturated rings. The predicted molar refractivity (Wildman–Crippen MR) is 56.9 cm³/mol. The maximum Gasteiger partial charge on any atom is 0.169 e. The first-order valence-electron chi connectivity index (χ1n) is 4.17. The maximum atomic E-state index is 5.63. The SMILES string of the molecule is Cc1cn(Cc2coc(Br)c2)nc1N. The average Bonchev–Trinajstić information content (AvgIpc) is 2.62. The van der Waals surface area contributed by atoms with Crippen LogP contribution in [0.2, 0.25) is 0 Å². The fraction of sp³-hybridized carbons (Fsp3) is 0.222.